The van der Waals surface area contributed by atoms with Crippen molar-refractivity contribution in [1.29, 1.82) is 0 Å². The highest BCUT2D eigenvalue weighted by molar-refractivity contribution is 5.91. The molecule has 0 amide bonds. The van der Waals surface area contributed by atoms with Crippen LogP contribution in [-0.4, -0.2) is 79.6 Å². The van der Waals surface area contributed by atoms with Gasteiger partial charge in [-0.2, -0.15) is 9.59 Å². The molecule has 1 heterocycles. The number of carbonyl (C=O) groups is 3. The molecule has 0 radical (unpaired) electrons. The van der Waals surface area contributed by atoms with E-state index in [-0.39, 0.29) is 65.3 Å². The van der Waals surface area contributed by atoms with E-state index >= 15 is 0 Å². The fourth-order valence-electron chi connectivity index (χ4n) is 5.42. The molecule has 16 heteroatoms. The lowest BCUT2D eigenvalue weighted by molar-refractivity contribution is -0.191. The van der Waals surface area contributed by atoms with Gasteiger partial charge in [-0.25, -0.2) is 9.59 Å². The highest BCUT2D eigenvalue weighted by Crippen LogP contribution is 2.53. The van der Waals surface area contributed by atoms with Crippen LogP contribution in [0.15, 0.2) is 72.8 Å². The number of fused-ring (bicyclic) bond motifs is 1. The Bertz CT molecular complexity index is 2060. The summed E-state index contributed by atoms with van der Waals surface area (Å²) >= 11 is 0. The van der Waals surface area contributed by atoms with Crippen molar-refractivity contribution in [3.05, 3.63) is 101 Å². The molecule has 0 saturated heterocycles. The van der Waals surface area contributed by atoms with Gasteiger partial charge in [-0.1, -0.05) is 24.3 Å². The molecular weight excluding hydrogens is 700 g/mol. The van der Waals surface area contributed by atoms with Gasteiger partial charge in [-0.15, -0.1) is 0 Å². The molecule has 0 aromatic heterocycles. The number of hydrogen-bond acceptors (Lipinski definition) is 15. The van der Waals surface area contributed by atoms with Crippen LogP contribution in [0.1, 0.15) is 39.8 Å². The van der Waals surface area contributed by atoms with E-state index in [1.54, 1.807) is 6.07 Å². The van der Waals surface area contributed by atoms with Gasteiger partial charge in [0.25, 0.3) is 0 Å². The first-order valence-corrected chi connectivity index (χ1v) is 15.5. The SMILES string of the molecule is COc1ccc(/C=C/C(=O)O[C@H](Cc2ccc(O)c(O)c2)C(=O)O)c2c1O[C@H](c1ccc(O)c(O)c1)[C@H]2C(=O)OCCc1ccc(O)c(O)c1.O=C=O. The standard InChI is InChI=1S/C36H32O14.CO2/c1-47-28-10-5-20(6-11-30(43)49-29(35(44)45)16-19-3-8-23(38)26(41)15-19)31-32(33(50-34(28)31)21-4-9-24(39)27(42)17-21)36(46)48-13-12-18-2-7-22(37)25(40)14-18;2-1-3/h2-11,14-15,17,29,32-33,37-42H,12-13,16H2,1H3,(H,44,45);/b11-6+;/t29-,32+,33-;/m1./s1. The molecule has 1 aliphatic heterocycles. The monoisotopic (exact) mass is 732 g/mol. The fraction of sp³-hybridized carbons (Fsp3) is 0.189. The summed E-state index contributed by atoms with van der Waals surface area (Å²) in [7, 11) is 1.38. The second kappa shape index (κ2) is 17.2. The Hall–Kier alpha value is -7.19. The molecule has 1 aliphatic rings. The van der Waals surface area contributed by atoms with E-state index in [2.05, 4.69) is 0 Å². The van der Waals surface area contributed by atoms with Crippen LogP contribution >= 0.6 is 0 Å². The minimum atomic E-state index is -1.65. The Morgan fingerprint density at radius 1 is 0.811 bits per heavy atom. The van der Waals surface area contributed by atoms with Crippen LogP contribution in [0.5, 0.6) is 46.0 Å². The topological polar surface area (TPSA) is 264 Å². The second-order valence-electron chi connectivity index (χ2n) is 11.3. The smallest absolute Gasteiger partial charge is 0.373 e. The maximum atomic E-state index is 13.8. The molecule has 3 atom stereocenters. The number of ether oxygens (including phenoxy) is 4. The van der Waals surface area contributed by atoms with Gasteiger partial charge in [0.2, 0.25) is 6.10 Å². The first-order chi connectivity index (χ1) is 25.3. The maximum Gasteiger partial charge on any atom is 0.373 e. The highest BCUT2D eigenvalue weighted by atomic mass is 16.6. The van der Waals surface area contributed by atoms with Crippen molar-refractivity contribution in [2.75, 3.05) is 13.7 Å². The van der Waals surface area contributed by atoms with Gasteiger partial charge in [0.15, 0.2) is 46.0 Å². The van der Waals surface area contributed by atoms with E-state index in [1.165, 1.54) is 67.8 Å². The van der Waals surface area contributed by atoms with Crippen molar-refractivity contribution >= 4 is 30.1 Å². The number of phenols is 6. The fourth-order valence-corrected chi connectivity index (χ4v) is 5.42. The van der Waals surface area contributed by atoms with Crippen LogP contribution in [0.25, 0.3) is 6.08 Å². The van der Waals surface area contributed by atoms with Crippen LogP contribution in [0.4, 0.5) is 0 Å². The molecule has 16 nitrogen and oxygen atoms in total. The van der Waals surface area contributed by atoms with Crippen LogP contribution in [0.3, 0.4) is 0 Å². The molecule has 0 aliphatic carbocycles. The van der Waals surface area contributed by atoms with Crippen molar-refractivity contribution < 1.29 is 78.7 Å². The van der Waals surface area contributed by atoms with Crippen molar-refractivity contribution in [3.8, 4) is 46.0 Å². The molecule has 7 N–H and O–H groups in total. The number of esters is 2. The Kier molecular flexibility index (Phi) is 12.5. The number of rotatable bonds is 12. The Morgan fingerprint density at radius 2 is 1.40 bits per heavy atom. The normalized spacial score (nSPS) is 14.8. The summed E-state index contributed by atoms with van der Waals surface area (Å²) in [6, 6.07) is 14.8. The molecule has 5 rings (SSSR count). The molecule has 53 heavy (non-hydrogen) atoms. The van der Waals surface area contributed by atoms with Gasteiger partial charge in [0.05, 0.1) is 13.7 Å². The lowest BCUT2D eigenvalue weighted by Gasteiger charge is -2.19. The summed E-state index contributed by atoms with van der Waals surface area (Å²) in [5.74, 6) is -6.50. The van der Waals surface area contributed by atoms with Crippen molar-refractivity contribution in [2.45, 2.75) is 31.0 Å². The third-order valence-electron chi connectivity index (χ3n) is 7.92. The zero-order chi connectivity index (χ0) is 38.8. The summed E-state index contributed by atoms with van der Waals surface area (Å²) in [4.78, 5) is 54.8. The van der Waals surface area contributed by atoms with Gasteiger partial charge < -0.3 is 54.7 Å². The number of carbonyl (C=O) groups excluding carboxylic acids is 4. The van der Waals surface area contributed by atoms with E-state index in [9.17, 15) is 50.1 Å². The number of carboxylic acids is 1. The average Bonchev–Trinajstić information content (AvgIpc) is 3.53. The largest absolute Gasteiger partial charge is 0.504 e. The molecule has 0 spiro atoms. The number of aromatic hydroxyl groups is 6. The number of benzene rings is 4. The number of phenolic OH excluding ortho intramolecular Hbond substituents is 6. The molecule has 0 saturated carbocycles. The molecule has 0 bridgehead atoms. The van der Waals surface area contributed by atoms with Crippen molar-refractivity contribution in [3.63, 3.8) is 0 Å². The molecule has 0 unspecified atom stereocenters. The minimum Gasteiger partial charge on any atom is -0.504 e. The van der Waals surface area contributed by atoms with Crippen molar-refractivity contribution in [1.82, 2.24) is 0 Å². The summed E-state index contributed by atoms with van der Waals surface area (Å²) in [5.41, 5.74) is 1.67. The quantitative estimate of drug-likeness (QED) is 0.0623. The predicted octanol–water partition coefficient (Wildman–Crippen LogP) is 3.60. The van der Waals surface area contributed by atoms with E-state index in [0.29, 0.717) is 11.1 Å². The van der Waals surface area contributed by atoms with E-state index in [0.717, 1.165) is 12.1 Å². The second-order valence-corrected chi connectivity index (χ2v) is 11.3. The van der Waals surface area contributed by atoms with E-state index < -0.39 is 59.0 Å². The Morgan fingerprint density at radius 3 is 1.98 bits per heavy atom. The third kappa shape index (κ3) is 9.33. The summed E-state index contributed by atoms with van der Waals surface area (Å²) < 4.78 is 22.5. The maximum absolute atomic E-state index is 13.8. The average molecular weight is 733 g/mol. The number of hydrogen-bond donors (Lipinski definition) is 7. The van der Waals surface area contributed by atoms with E-state index in [4.69, 9.17) is 28.5 Å². The summed E-state index contributed by atoms with van der Waals surface area (Å²) in [5, 5.41) is 68.5. The van der Waals surface area contributed by atoms with Crippen LogP contribution < -0.4 is 9.47 Å². The number of methoxy groups -OCH3 is 1. The summed E-state index contributed by atoms with van der Waals surface area (Å²) in [6.45, 7) is -0.140. The zero-order valence-corrected chi connectivity index (χ0v) is 27.7. The lowest BCUT2D eigenvalue weighted by Crippen LogP contribution is -2.28. The lowest BCUT2D eigenvalue weighted by atomic mass is 9.87. The Balaban J connectivity index is 0.00000202. The van der Waals surface area contributed by atoms with Gasteiger partial charge in [0.1, 0.15) is 12.0 Å². The first-order valence-electron chi connectivity index (χ1n) is 15.5. The Labute approximate surface area is 299 Å². The highest BCUT2D eigenvalue weighted by Gasteiger charge is 2.45. The zero-order valence-electron chi connectivity index (χ0n) is 27.7. The number of carboxylic acid groups (broad SMARTS) is 1. The minimum absolute atomic E-state index is 0.126. The van der Waals surface area contributed by atoms with Crippen LogP contribution in [0.2, 0.25) is 0 Å². The van der Waals surface area contributed by atoms with Gasteiger partial charge >= 0.3 is 24.1 Å². The predicted molar refractivity (Wildman–Crippen MR) is 178 cm³/mol. The summed E-state index contributed by atoms with van der Waals surface area (Å²) in [6.07, 6.45) is -0.374. The number of aliphatic carboxylic acids is 1. The van der Waals surface area contributed by atoms with Crippen LogP contribution in [-0.2, 0) is 46.3 Å². The molecule has 4 aromatic carbocycles. The van der Waals surface area contributed by atoms with Crippen LogP contribution in [0, 0.1) is 0 Å². The first kappa shape index (κ1) is 38.6. The third-order valence-corrected chi connectivity index (χ3v) is 7.92. The van der Waals surface area contributed by atoms with Gasteiger partial charge in [-0.05, 0) is 70.8 Å². The van der Waals surface area contributed by atoms with Gasteiger partial charge in [-0.3, -0.25) is 4.79 Å². The molecule has 0 fully saturated rings. The van der Waals surface area contributed by atoms with Gasteiger partial charge in [0, 0.05) is 24.5 Å². The molecule has 4 aromatic rings. The molecule has 276 valence electrons. The van der Waals surface area contributed by atoms with Crippen molar-refractivity contribution in [2.24, 2.45) is 0 Å². The molecular formula is C37H32O16. The van der Waals surface area contributed by atoms with E-state index in [1.807, 2.05) is 0 Å².